The third-order valence-electron chi connectivity index (χ3n) is 2.98. The van der Waals surface area contributed by atoms with Crippen LogP contribution < -0.4 is 11.2 Å². The van der Waals surface area contributed by atoms with Gasteiger partial charge in [0.25, 0.3) is 5.56 Å². The smallest absolute Gasteiger partial charge is 0.330 e. The molecule has 0 saturated carbocycles. The monoisotopic (exact) mass is 256 g/mol. The number of nitrogens with zero attached hydrogens (tertiary/aromatic N) is 1. The van der Waals surface area contributed by atoms with Gasteiger partial charge in [-0.25, -0.2) is 4.79 Å². The van der Waals surface area contributed by atoms with Gasteiger partial charge in [0.1, 0.15) is 12.3 Å². The standard InChI is InChI=1S/C11H16N2O5/c1-16-6-8-7(17-2)5-10(18-8)13-4-3-9(14)12-11(13)15/h3-4,7-8,10H,5-6H2,1-2H3,(H,12,14,15)/t7-,8-,10-/m1/s1. The zero-order valence-corrected chi connectivity index (χ0v) is 10.3. The fourth-order valence-corrected chi connectivity index (χ4v) is 2.09. The maximum atomic E-state index is 11.6. The second-order valence-electron chi connectivity index (χ2n) is 4.11. The van der Waals surface area contributed by atoms with E-state index in [2.05, 4.69) is 4.98 Å². The molecule has 2 heterocycles. The summed E-state index contributed by atoms with van der Waals surface area (Å²) in [5.74, 6) is 0. The zero-order chi connectivity index (χ0) is 13.1. The van der Waals surface area contributed by atoms with Gasteiger partial charge in [0.15, 0.2) is 0 Å². The van der Waals surface area contributed by atoms with E-state index in [1.807, 2.05) is 0 Å². The van der Waals surface area contributed by atoms with Crippen LogP contribution >= 0.6 is 0 Å². The number of aromatic amines is 1. The lowest BCUT2D eigenvalue weighted by Crippen LogP contribution is -2.31. The average Bonchev–Trinajstić information content (AvgIpc) is 2.72. The Labute approximate surface area is 103 Å². The Balaban J connectivity index is 2.20. The largest absolute Gasteiger partial charge is 0.382 e. The van der Waals surface area contributed by atoms with Crippen molar-refractivity contribution in [3.05, 3.63) is 33.1 Å². The van der Waals surface area contributed by atoms with Crippen molar-refractivity contribution in [2.75, 3.05) is 20.8 Å². The summed E-state index contributed by atoms with van der Waals surface area (Å²) in [6.07, 6.45) is 1.17. The molecule has 0 bridgehead atoms. The average molecular weight is 256 g/mol. The molecule has 7 heteroatoms. The van der Waals surface area contributed by atoms with Crippen molar-refractivity contribution in [1.29, 1.82) is 0 Å². The van der Waals surface area contributed by atoms with E-state index in [9.17, 15) is 9.59 Å². The summed E-state index contributed by atoms with van der Waals surface area (Å²) < 4.78 is 17.4. The molecule has 2 rings (SSSR count). The van der Waals surface area contributed by atoms with Crippen molar-refractivity contribution in [2.45, 2.75) is 24.9 Å². The molecule has 0 unspecified atom stereocenters. The molecule has 0 spiro atoms. The van der Waals surface area contributed by atoms with Gasteiger partial charge in [-0.15, -0.1) is 0 Å². The Kier molecular flexibility index (Phi) is 3.95. The molecule has 1 aliphatic rings. The van der Waals surface area contributed by atoms with Crippen LogP contribution in [0.5, 0.6) is 0 Å². The third-order valence-corrected chi connectivity index (χ3v) is 2.98. The zero-order valence-electron chi connectivity index (χ0n) is 10.3. The second-order valence-corrected chi connectivity index (χ2v) is 4.11. The maximum Gasteiger partial charge on any atom is 0.330 e. The van der Waals surface area contributed by atoms with Crippen molar-refractivity contribution in [3.8, 4) is 0 Å². The van der Waals surface area contributed by atoms with Crippen molar-refractivity contribution >= 4 is 0 Å². The lowest BCUT2D eigenvalue weighted by molar-refractivity contribution is -0.0618. The van der Waals surface area contributed by atoms with Crippen molar-refractivity contribution in [1.82, 2.24) is 9.55 Å². The summed E-state index contributed by atoms with van der Waals surface area (Å²) in [5, 5.41) is 0. The molecule has 1 aliphatic heterocycles. The van der Waals surface area contributed by atoms with Crippen LogP contribution in [0.1, 0.15) is 12.6 Å². The van der Waals surface area contributed by atoms with Crippen LogP contribution in [-0.4, -0.2) is 42.6 Å². The molecular formula is C11H16N2O5. The predicted molar refractivity (Wildman–Crippen MR) is 62.5 cm³/mol. The molecule has 7 nitrogen and oxygen atoms in total. The Morgan fingerprint density at radius 3 is 2.89 bits per heavy atom. The highest BCUT2D eigenvalue weighted by Gasteiger charge is 2.36. The van der Waals surface area contributed by atoms with E-state index < -0.39 is 17.5 Å². The highest BCUT2D eigenvalue weighted by molar-refractivity contribution is 4.88. The van der Waals surface area contributed by atoms with Crippen LogP contribution in [0.3, 0.4) is 0 Å². The first kappa shape index (κ1) is 13.0. The van der Waals surface area contributed by atoms with Crippen molar-refractivity contribution in [3.63, 3.8) is 0 Å². The number of ether oxygens (including phenoxy) is 3. The molecule has 1 aromatic rings. The molecule has 18 heavy (non-hydrogen) atoms. The summed E-state index contributed by atoms with van der Waals surface area (Å²) >= 11 is 0. The molecule has 0 aromatic carbocycles. The highest BCUT2D eigenvalue weighted by atomic mass is 16.6. The van der Waals surface area contributed by atoms with E-state index in [1.54, 1.807) is 14.2 Å². The molecule has 3 atom stereocenters. The van der Waals surface area contributed by atoms with E-state index in [-0.39, 0.29) is 12.2 Å². The van der Waals surface area contributed by atoms with Gasteiger partial charge >= 0.3 is 5.69 Å². The molecular weight excluding hydrogens is 240 g/mol. The van der Waals surface area contributed by atoms with Crippen LogP contribution in [0.25, 0.3) is 0 Å². The summed E-state index contributed by atoms with van der Waals surface area (Å²) in [4.78, 5) is 24.8. The quantitative estimate of drug-likeness (QED) is 0.784. The van der Waals surface area contributed by atoms with Gasteiger partial charge in [-0.3, -0.25) is 14.3 Å². The molecule has 1 aromatic heterocycles. The summed E-state index contributed by atoms with van der Waals surface area (Å²) in [7, 11) is 3.17. The SMILES string of the molecule is COC[C@H]1O[C@@H](n2ccc(=O)[nH]c2=O)C[C@H]1OC. The van der Waals surface area contributed by atoms with Gasteiger partial charge in [0.2, 0.25) is 0 Å². The van der Waals surface area contributed by atoms with Gasteiger partial charge in [0.05, 0.1) is 12.7 Å². The van der Waals surface area contributed by atoms with Crippen LogP contribution in [0.2, 0.25) is 0 Å². The Morgan fingerprint density at radius 2 is 2.28 bits per heavy atom. The van der Waals surface area contributed by atoms with Gasteiger partial charge < -0.3 is 14.2 Å². The predicted octanol–water partition coefficient (Wildman–Crippen LogP) is -0.514. The Bertz CT molecular complexity index is 509. The Hall–Kier alpha value is -1.44. The van der Waals surface area contributed by atoms with Gasteiger partial charge in [-0.2, -0.15) is 0 Å². The fourth-order valence-electron chi connectivity index (χ4n) is 2.09. The van der Waals surface area contributed by atoms with E-state index in [4.69, 9.17) is 14.2 Å². The van der Waals surface area contributed by atoms with Crippen molar-refractivity contribution < 1.29 is 14.2 Å². The summed E-state index contributed by atoms with van der Waals surface area (Å²) in [6, 6.07) is 1.29. The van der Waals surface area contributed by atoms with Crippen LogP contribution in [0.4, 0.5) is 0 Å². The molecule has 0 amide bonds. The number of hydrogen-bond donors (Lipinski definition) is 1. The van der Waals surface area contributed by atoms with E-state index in [1.165, 1.54) is 16.8 Å². The lowest BCUT2D eigenvalue weighted by atomic mass is 10.2. The first-order chi connectivity index (χ1) is 8.65. The normalized spacial score (nSPS) is 27.6. The maximum absolute atomic E-state index is 11.6. The molecule has 1 fully saturated rings. The Morgan fingerprint density at radius 1 is 1.50 bits per heavy atom. The van der Waals surface area contributed by atoms with Crippen LogP contribution in [0, 0.1) is 0 Å². The van der Waals surface area contributed by atoms with Crippen LogP contribution in [-0.2, 0) is 14.2 Å². The summed E-state index contributed by atoms with van der Waals surface area (Å²) in [6.45, 7) is 0.396. The third kappa shape index (κ3) is 2.53. The van der Waals surface area contributed by atoms with E-state index >= 15 is 0 Å². The highest BCUT2D eigenvalue weighted by Crippen LogP contribution is 2.29. The van der Waals surface area contributed by atoms with E-state index in [0.29, 0.717) is 13.0 Å². The molecule has 0 radical (unpaired) electrons. The number of nitrogens with one attached hydrogen (secondary N) is 1. The minimum absolute atomic E-state index is 0.131. The van der Waals surface area contributed by atoms with Gasteiger partial charge in [-0.05, 0) is 0 Å². The van der Waals surface area contributed by atoms with Crippen molar-refractivity contribution in [2.24, 2.45) is 0 Å². The molecule has 1 saturated heterocycles. The summed E-state index contributed by atoms with van der Waals surface area (Å²) in [5.41, 5.74) is -0.911. The fraction of sp³-hybridized carbons (Fsp3) is 0.636. The number of hydrogen-bond acceptors (Lipinski definition) is 5. The number of rotatable bonds is 4. The number of methoxy groups -OCH3 is 2. The minimum Gasteiger partial charge on any atom is -0.382 e. The minimum atomic E-state index is -0.486. The lowest BCUT2D eigenvalue weighted by Gasteiger charge is -2.16. The molecule has 1 N–H and O–H groups in total. The first-order valence-corrected chi connectivity index (χ1v) is 5.64. The second kappa shape index (κ2) is 5.47. The number of aromatic nitrogens is 2. The first-order valence-electron chi connectivity index (χ1n) is 5.64. The van der Waals surface area contributed by atoms with Gasteiger partial charge in [0, 0.05) is 32.9 Å². The van der Waals surface area contributed by atoms with Gasteiger partial charge in [-0.1, -0.05) is 0 Å². The topological polar surface area (TPSA) is 82.5 Å². The van der Waals surface area contributed by atoms with Crippen LogP contribution in [0.15, 0.2) is 21.9 Å². The van der Waals surface area contributed by atoms with E-state index in [0.717, 1.165) is 0 Å². The molecule has 0 aliphatic carbocycles. The molecule has 100 valence electrons. The number of H-pyrrole nitrogens is 1.